The van der Waals surface area contributed by atoms with Crippen LogP contribution in [0.4, 0.5) is 13.2 Å². The Hall–Kier alpha value is -3.61. The van der Waals surface area contributed by atoms with Crippen LogP contribution in [0.1, 0.15) is 5.56 Å². The first-order chi connectivity index (χ1) is 14.0. The maximum Gasteiger partial charge on any atom is 0.216 e. The van der Waals surface area contributed by atoms with Gasteiger partial charge in [-0.2, -0.15) is 5.10 Å². The number of para-hydroxylation sites is 1. The molecule has 7 heteroatoms. The Bertz CT molecular complexity index is 1290. The summed E-state index contributed by atoms with van der Waals surface area (Å²) in [6, 6.07) is 13.8. The molecule has 0 atom stereocenters. The number of benzene rings is 3. The maximum atomic E-state index is 14.2. The molecule has 0 N–H and O–H groups in total. The third-order valence-corrected chi connectivity index (χ3v) is 4.62. The van der Waals surface area contributed by atoms with Gasteiger partial charge in [-0.05, 0) is 30.3 Å². The minimum absolute atomic E-state index is 0.0244. The van der Waals surface area contributed by atoms with Gasteiger partial charge in [0.05, 0.1) is 19.2 Å². The van der Waals surface area contributed by atoms with Crippen molar-refractivity contribution in [3.63, 3.8) is 0 Å². The molecule has 0 saturated heterocycles. The van der Waals surface area contributed by atoms with Crippen molar-refractivity contribution in [2.45, 2.75) is 6.54 Å². The zero-order valence-corrected chi connectivity index (χ0v) is 15.3. The zero-order chi connectivity index (χ0) is 20.5. The third-order valence-electron chi connectivity index (χ3n) is 4.62. The van der Waals surface area contributed by atoms with E-state index < -0.39 is 17.5 Å². The molecule has 4 nitrogen and oxygen atoms in total. The van der Waals surface area contributed by atoms with E-state index in [0.29, 0.717) is 16.5 Å². The summed E-state index contributed by atoms with van der Waals surface area (Å²) in [5.74, 6) is -1.75. The van der Waals surface area contributed by atoms with E-state index in [1.54, 1.807) is 24.3 Å². The number of rotatable bonds is 4. The first kappa shape index (κ1) is 18.7. The van der Waals surface area contributed by atoms with Crippen molar-refractivity contribution in [3.8, 4) is 17.0 Å². The minimum atomic E-state index is -0.713. The third kappa shape index (κ3) is 3.47. The fraction of sp³-hybridized carbons (Fsp3) is 0.0909. The average Bonchev–Trinajstić information content (AvgIpc) is 2.72. The molecule has 0 amide bonds. The molecular weight excluding hydrogens is 381 g/mol. The summed E-state index contributed by atoms with van der Waals surface area (Å²) in [7, 11) is 1.37. The maximum absolute atomic E-state index is 14.2. The fourth-order valence-corrected chi connectivity index (χ4v) is 3.21. The van der Waals surface area contributed by atoms with E-state index in [0.717, 1.165) is 18.2 Å². The highest BCUT2D eigenvalue weighted by atomic mass is 19.1. The van der Waals surface area contributed by atoms with Gasteiger partial charge < -0.3 is 4.74 Å². The van der Waals surface area contributed by atoms with Crippen LogP contribution in [-0.4, -0.2) is 16.9 Å². The van der Waals surface area contributed by atoms with Crippen LogP contribution in [0.5, 0.6) is 5.75 Å². The van der Waals surface area contributed by atoms with Crippen molar-refractivity contribution in [2.75, 3.05) is 7.11 Å². The van der Waals surface area contributed by atoms with Gasteiger partial charge in [0.2, 0.25) is 5.43 Å². The standard InChI is InChI=1S/C22H15F3N2O2/c1-29-20-11-15(24)8-9-17(20)21-22(28)16-4-2-3-5-19(16)27(26-21)12-13-6-7-14(23)10-18(13)25/h2-11H,12H2,1H3. The van der Waals surface area contributed by atoms with Crippen LogP contribution in [0, 0.1) is 17.5 Å². The molecule has 4 rings (SSSR count). The van der Waals surface area contributed by atoms with Gasteiger partial charge in [-0.1, -0.05) is 18.2 Å². The van der Waals surface area contributed by atoms with Crippen molar-refractivity contribution in [2.24, 2.45) is 0 Å². The second-order valence-electron chi connectivity index (χ2n) is 6.43. The average molecular weight is 396 g/mol. The van der Waals surface area contributed by atoms with Crippen LogP contribution in [0.25, 0.3) is 22.2 Å². The van der Waals surface area contributed by atoms with Gasteiger partial charge in [0.1, 0.15) is 28.9 Å². The Morgan fingerprint density at radius 1 is 0.966 bits per heavy atom. The largest absolute Gasteiger partial charge is 0.496 e. The number of fused-ring (bicyclic) bond motifs is 1. The molecule has 1 heterocycles. The number of methoxy groups -OCH3 is 1. The molecule has 0 radical (unpaired) electrons. The first-order valence-electron chi connectivity index (χ1n) is 8.75. The predicted molar refractivity (Wildman–Crippen MR) is 103 cm³/mol. The molecular formula is C22H15F3N2O2. The van der Waals surface area contributed by atoms with Crippen LogP contribution in [0.2, 0.25) is 0 Å². The second-order valence-corrected chi connectivity index (χ2v) is 6.43. The topological polar surface area (TPSA) is 44.1 Å². The molecule has 3 aromatic carbocycles. The van der Waals surface area contributed by atoms with E-state index in [1.165, 1.54) is 30.0 Å². The van der Waals surface area contributed by atoms with Crippen LogP contribution in [-0.2, 0) is 6.54 Å². The van der Waals surface area contributed by atoms with Gasteiger partial charge in [0, 0.05) is 28.6 Å². The van der Waals surface area contributed by atoms with Gasteiger partial charge in [0.25, 0.3) is 0 Å². The number of nitrogens with zero attached hydrogens (tertiary/aromatic N) is 2. The Morgan fingerprint density at radius 2 is 1.69 bits per heavy atom. The van der Waals surface area contributed by atoms with E-state index in [9.17, 15) is 18.0 Å². The number of hydrogen-bond acceptors (Lipinski definition) is 3. The highest BCUT2D eigenvalue weighted by molar-refractivity contribution is 5.83. The predicted octanol–water partition coefficient (Wildman–Crippen LogP) is 4.54. The summed E-state index contributed by atoms with van der Waals surface area (Å²) in [5.41, 5.74) is 0.707. The monoisotopic (exact) mass is 396 g/mol. The quantitative estimate of drug-likeness (QED) is 0.509. The molecule has 0 fully saturated rings. The SMILES string of the molecule is COc1cc(F)ccc1-c1nn(Cc2ccc(F)cc2F)c2ccccc2c1=O. The Labute approximate surface area is 163 Å². The smallest absolute Gasteiger partial charge is 0.216 e. The van der Waals surface area contributed by atoms with Gasteiger partial charge in [-0.15, -0.1) is 0 Å². The summed E-state index contributed by atoms with van der Waals surface area (Å²) in [5, 5.41) is 4.78. The second kappa shape index (κ2) is 7.43. The molecule has 0 aliphatic heterocycles. The minimum Gasteiger partial charge on any atom is -0.496 e. The molecule has 0 aliphatic carbocycles. The van der Waals surface area contributed by atoms with E-state index >= 15 is 0 Å². The first-order valence-corrected chi connectivity index (χ1v) is 8.75. The molecule has 0 aliphatic rings. The molecule has 0 unspecified atom stereocenters. The van der Waals surface area contributed by atoms with Crippen LogP contribution < -0.4 is 10.2 Å². The molecule has 0 saturated carbocycles. The molecule has 29 heavy (non-hydrogen) atoms. The lowest BCUT2D eigenvalue weighted by molar-refractivity contribution is 0.412. The fourth-order valence-electron chi connectivity index (χ4n) is 3.21. The summed E-state index contributed by atoms with van der Waals surface area (Å²) < 4.78 is 47.7. The zero-order valence-electron chi connectivity index (χ0n) is 15.3. The lowest BCUT2D eigenvalue weighted by Gasteiger charge is -2.14. The van der Waals surface area contributed by atoms with Gasteiger partial charge >= 0.3 is 0 Å². The molecule has 0 spiro atoms. The number of ether oxygens (including phenoxy) is 1. The molecule has 1 aromatic heterocycles. The van der Waals surface area contributed by atoms with Crippen molar-refractivity contribution < 1.29 is 17.9 Å². The number of hydrogen-bond donors (Lipinski definition) is 0. The van der Waals surface area contributed by atoms with Crippen LogP contribution >= 0.6 is 0 Å². The van der Waals surface area contributed by atoms with E-state index in [-0.39, 0.29) is 29.0 Å². The van der Waals surface area contributed by atoms with Crippen LogP contribution in [0.3, 0.4) is 0 Å². The summed E-state index contributed by atoms with van der Waals surface area (Å²) >= 11 is 0. The number of aromatic nitrogens is 2. The van der Waals surface area contributed by atoms with Gasteiger partial charge in [-0.3, -0.25) is 9.48 Å². The van der Waals surface area contributed by atoms with Gasteiger partial charge in [-0.25, -0.2) is 13.2 Å². The van der Waals surface area contributed by atoms with E-state index in [1.807, 2.05) is 0 Å². The molecule has 146 valence electrons. The lowest BCUT2D eigenvalue weighted by Crippen LogP contribution is -2.18. The van der Waals surface area contributed by atoms with Crippen molar-refractivity contribution in [3.05, 3.63) is 93.9 Å². The molecule has 0 bridgehead atoms. The Morgan fingerprint density at radius 3 is 2.45 bits per heavy atom. The summed E-state index contributed by atoms with van der Waals surface area (Å²) in [6.45, 7) is -0.0244. The van der Waals surface area contributed by atoms with Crippen molar-refractivity contribution in [1.29, 1.82) is 0 Å². The van der Waals surface area contributed by atoms with Gasteiger partial charge in [0.15, 0.2) is 0 Å². The Balaban J connectivity index is 1.96. The summed E-state index contributed by atoms with van der Waals surface area (Å²) in [6.07, 6.45) is 0. The molecule has 4 aromatic rings. The van der Waals surface area contributed by atoms with E-state index in [4.69, 9.17) is 4.74 Å². The lowest BCUT2D eigenvalue weighted by atomic mass is 10.1. The number of halogens is 3. The highest BCUT2D eigenvalue weighted by Gasteiger charge is 2.17. The Kier molecular flexibility index (Phi) is 4.80. The van der Waals surface area contributed by atoms with Crippen molar-refractivity contribution in [1.82, 2.24) is 9.78 Å². The van der Waals surface area contributed by atoms with E-state index in [2.05, 4.69) is 5.10 Å². The summed E-state index contributed by atoms with van der Waals surface area (Å²) in [4.78, 5) is 13.0. The van der Waals surface area contributed by atoms with Crippen molar-refractivity contribution >= 4 is 10.9 Å². The normalized spacial score (nSPS) is 11.0. The highest BCUT2D eigenvalue weighted by Crippen LogP contribution is 2.28. The van der Waals surface area contributed by atoms with Crippen LogP contribution in [0.15, 0.2) is 65.5 Å².